The van der Waals surface area contributed by atoms with Gasteiger partial charge in [0.25, 0.3) is 0 Å². The maximum absolute atomic E-state index is 5.45. The van der Waals surface area contributed by atoms with Crippen molar-refractivity contribution in [3.8, 4) is 0 Å². The molecule has 1 aliphatic rings. The average Bonchev–Trinajstić information content (AvgIpc) is 2.67. The van der Waals surface area contributed by atoms with Crippen LogP contribution in [0.3, 0.4) is 0 Å². The van der Waals surface area contributed by atoms with E-state index in [0.29, 0.717) is 6.04 Å². The molecule has 0 amide bonds. The Labute approximate surface area is 82.9 Å². The Morgan fingerprint density at radius 3 is 3.31 bits per heavy atom. The van der Waals surface area contributed by atoms with E-state index in [1.54, 1.807) is 0 Å². The Bertz CT molecular complexity index is 266. The van der Waals surface area contributed by atoms with Crippen molar-refractivity contribution in [1.29, 1.82) is 0 Å². The summed E-state index contributed by atoms with van der Waals surface area (Å²) in [5, 5.41) is 5.65. The van der Waals surface area contributed by atoms with Crippen molar-refractivity contribution in [3.05, 3.63) is 21.9 Å². The van der Waals surface area contributed by atoms with Crippen LogP contribution in [-0.4, -0.2) is 19.8 Å². The Hall–Kier alpha value is -0.380. The first-order chi connectivity index (χ1) is 6.42. The van der Waals surface area contributed by atoms with Crippen LogP contribution in [0.4, 0.5) is 0 Å². The zero-order chi connectivity index (χ0) is 9.10. The third-order valence-electron chi connectivity index (χ3n) is 2.40. The molecule has 1 fully saturated rings. The van der Waals surface area contributed by atoms with Crippen molar-refractivity contribution < 1.29 is 4.74 Å². The Morgan fingerprint density at radius 2 is 2.62 bits per heavy atom. The van der Waals surface area contributed by atoms with Gasteiger partial charge >= 0.3 is 0 Å². The third kappa shape index (κ3) is 1.93. The molecule has 13 heavy (non-hydrogen) atoms. The summed E-state index contributed by atoms with van der Waals surface area (Å²) in [4.78, 5) is 1.46. The molecule has 1 unspecified atom stereocenters. The van der Waals surface area contributed by atoms with Gasteiger partial charge in [0.05, 0.1) is 19.3 Å². The molecule has 0 aliphatic carbocycles. The summed E-state index contributed by atoms with van der Waals surface area (Å²) in [5.74, 6) is 0. The van der Waals surface area contributed by atoms with Crippen LogP contribution in [0.5, 0.6) is 0 Å². The fraction of sp³-hybridized carbons (Fsp3) is 0.600. The highest BCUT2D eigenvalue weighted by Gasteiger charge is 2.18. The molecule has 0 saturated carbocycles. The first-order valence-electron chi connectivity index (χ1n) is 4.79. The van der Waals surface area contributed by atoms with Crippen molar-refractivity contribution in [2.45, 2.75) is 19.4 Å². The van der Waals surface area contributed by atoms with Gasteiger partial charge in [0.1, 0.15) is 0 Å². The van der Waals surface area contributed by atoms with Crippen LogP contribution in [0.2, 0.25) is 0 Å². The second-order valence-electron chi connectivity index (χ2n) is 3.25. The zero-order valence-corrected chi connectivity index (χ0v) is 8.69. The van der Waals surface area contributed by atoms with E-state index in [4.69, 9.17) is 4.74 Å². The van der Waals surface area contributed by atoms with Gasteiger partial charge in [-0.2, -0.15) is 0 Å². The Balaban J connectivity index is 2.13. The number of ether oxygens (including phenoxy) is 1. The van der Waals surface area contributed by atoms with E-state index in [9.17, 15) is 0 Å². The summed E-state index contributed by atoms with van der Waals surface area (Å²) in [7, 11) is 0. The number of rotatable bonds is 2. The fourth-order valence-corrected chi connectivity index (χ4v) is 2.74. The quantitative estimate of drug-likeness (QED) is 0.782. The largest absolute Gasteiger partial charge is 0.378 e. The molecule has 0 radical (unpaired) electrons. The molecule has 2 rings (SSSR count). The molecule has 3 heteroatoms. The summed E-state index contributed by atoms with van der Waals surface area (Å²) < 4.78 is 5.45. The Morgan fingerprint density at radius 1 is 1.69 bits per heavy atom. The van der Waals surface area contributed by atoms with Gasteiger partial charge in [-0.3, -0.25) is 0 Å². The summed E-state index contributed by atoms with van der Waals surface area (Å²) in [5.41, 5.74) is 1.47. The van der Waals surface area contributed by atoms with Gasteiger partial charge in [0.15, 0.2) is 0 Å². The monoisotopic (exact) mass is 197 g/mol. The number of aryl methyl sites for hydroxylation is 1. The van der Waals surface area contributed by atoms with Crippen molar-refractivity contribution in [1.82, 2.24) is 5.32 Å². The van der Waals surface area contributed by atoms with Crippen LogP contribution in [0, 0.1) is 0 Å². The molecule has 1 atom stereocenters. The van der Waals surface area contributed by atoms with Gasteiger partial charge in [-0.05, 0) is 23.4 Å². The number of hydrogen-bond donors (Lipinski definition) is 1. The third-order valence-corrected chi connectivity index (χ3v) is 3.47. The molecular weight excluding hydrogens is 182 g/mol. The molecule has 1 aromatic rings. The first kappa shape index (κ1) is 9.19. The molecule has 0 aromatic carbocycles. The molecule has 0 bridgehead atoms. The molecule has 1 aliphatic heterocycles. The van der Waals surface area contributed by atoms with Crippen LogP contribution in [0.25, 0.3) is 0 Å². The standard InChI is InChI=1S/C10H15NOS/c1-2-8-3-6-13-10(8)9-7-12-5-4-11-9/h3,6,9,11H,2,4-5,7H2,1H3. The van der Waals surface area contributed by atoms with E-state index in [2.05, 4.69) is 23.7 Å². The predicted molar refractivity (Wildman–Crippen MR) is 55.3 cm³/mol. The molecule has 1 aromatic heterocycles. The van der Waals surface area contributed by atoms with Crippen molar-refractivity contribution in [2.24, 2.45) is 0 Å². The minimum Gasteiger partial charge on any atom is -0.378 e. The van der Waals surface area contributed by atoms with E-state index in [1.807, 2.05) is 11.3 Å². The highest BCUT2D eigenvalue weighted by atomic mass is 32.1. The van der Waals surface area contributed by atoms with E-state index in [-0.39, 0.29) is 0 Å². The minimum absolute atomic E-state index is 0.434. The molecule has 1 saturated heterocycles. The minimum atomic E-state index is 0.434. The summed E-state index contributed by atoms with van der Waals surface area (Å²) in [6, 6.07) is 2.65. The van der Waals surface area contributed by atoms with Crippen molar-refractivity contribution in [2.75, 3.05) is 19.8 Å². The normalized spacial score (nSPS) is 23.3. The van der Waals surface area contributed by atoms with Gasteiger partial charge in [0.2, 0.25) is 0 Å². The smallest absolute Gasteiger partial charge is 0.0670 e. The molecule has 2 heterocycles. The van der Waals surface area contributed by atoms with Crippen LogP contribution >= 0.6 is 11.3 Å². The Kier molecular flexibility index (Phi) is 2.98. The lowest BCUT2D eigenvalue weighted by Crippen LogP contribution is -2.34. The zero-order valence-electron chi connectivity index (χ0n) is 7.88. The number of thiophene rings is 1. The SMILES string of the molecule is CCc1ccsc1C1COCCN1. The maximum Gasteiger partial charge on any atom is 0.0670 e. The number of nitrogens with one attached hydrogen (secondary N) is 1. The van der Waals surface area contributed by atoms with Gasteiger partial charge in [-0.15, -0.1) is 11.3 Å². The maximum atomic E-state index is 5.45. The molecule has 72 valence electrons. The molecule has 0 spiro atoms. The predicted octanol–water partition coefficient (Wildman–Crippen LogP) is 1.97. The number of morpholine rings is 1. The van der Waals surface area contributed by atoms with E-state index in [0.717, 1.165) is 26.2 Å². The van der Waals surface area contributed by atoms with Crippen LogP contribution in [0.1, 0.15) is 23.4 Å². The lowest BCUT2D eigenvalue weighted by atomic mass is 10.1. The van der Waals surface area contributed by atoms with Crippen molar-refractivity contribution >= 4 is 11.3 Å². The van der Waals surface area contributed by atoms with Crippen molar-refractivity contribution in [3.63, 3.8) is 0 Å². The van der Waals surface area contributed by atoms with Gasteiger partial charge in [0, 0.05) is 11.4 Å². The van der Waals surface area contributed by atoms with E-state index in [1.165, 1.54) is 10.4 Å². The number of hydrogen-bond acceptors (Lipinski definition) is 3. The van der Waals surface area contributed by atoms with E-state index < -0.39 is 0 Å². The van der Waals surface area contributed by atoms with Crippen LogP contribution in [-0.2, 0) is 11.2 Å². The van der Waals surface area contributed by atoms with Gasteiger partial charge < -0.3 is 10.1 Å². The van der Waals surface area contributed by atoms with Crippen LogP contribution < -0.4 is 5.32 Å². The second-order valence-corrected chi connectivity index (χ2v) is 4.19. The lowest BCUT2D eigenvalue weighted by molar-refractivity contribution is 0.0777. The highest BCUT2D eigenvalue weighted by Crippen LogP contribution is 2.26. The second kappa shape index (κ2) is 4.22. The van der Waals surface area contributed by atoms with Gasteiger partial charge in [-0.1, -0.05) is 6.92 Å². The molecule has 1 N–H and O–H groups in total. The highest BCUT2D eigenvalue weighted by molar-refractivity contribution is 7.10. The molecule has 2 nitrogen and oxygen atoms in total. The van der Waals surface area contributed by atoms with E-state index >= 15 is 0 Å². The lowest BCUT2D eigenvalue weighted by Gasteiger charge is -2.23. The van der Waals surface area contributed by atoms with Gasteiger partial charge in [-0.25, -0.2) is 0 Å². The fourth-order valence-electron chi connectivity index (χ4n) is 1.68. The summed E-state index contributed by atoms with van der Waals surface area (Å²) in [6.07, 6.45) is 1.12. The topological polar surface area (TPSA) is 21.3 Å². The molecular formula is C10H15NOS. The van der Waals surface area contributed by atoms with Crippen LogP contribution in [0.15, 0.2) is 11.4 Å². The first-order valence-corrected chi connectivity index (χ1v) is 5.67. The average molecular weight is 197 g/mol. The summed E-state index contributed by atoms with van der Waals surface area (Å²) in [6.45, 7) is 4.86. The summed E-state index contributed by atoms with van der Waals surface area (Å²) >= 11 is 1.84.